The number of aryl methyl sites for hydroxylation is 1. The summed E-state index contributed by atoms with van der Waals surface area (Å²) in [6.07, 6.45) is 2.74. The van der Waals surface area contributed by atoms with E-state index < -0.39 is 0 Å². The lowest BCUT2D eigenvalue weighted by Crippen LogP contribution is -2.37. The van der Waals surface area contributed by atoms with Crippen LogP contribution in [0.4, 0.5) is 5.69 Å². The monoisotopic (exact) mass is 333 g/mol. The number of amides is 1. The van der Waals surface area contributed by atoms with Gasteiger partial charge in [0.1, 0.15) is 5.75 Å². The third-order valence-corrected chi connectivity index (χ3v) is 4.58. The van der Waals surface area contributed by atoms with Crippen molar-refractivity contribution in [1.82, 2.24) is 9.78 Å². The summed E-state index contributed by atoms with van der Waals surface area (Å²) in [5.74, 6) is 0.828. The first kappa shape index (κ1) is 15.4. The smallest absolute Gasteiger partial charge is 0.258 e. The molecule has 0 radical (unpaired) electrons. The molecule has 2 heterocycles. The van der Waals surface area contributed by atoms with Gasteiger partial charge < -0.3 is 9.64 Å². The van der Waals surface area contributed by atoms with Crippen LogP contribution in [-0.4, -0.2) is 29.3 Å². The van der Waals surface area contributed by atoms with Gasteiger partial charge in [-0.05, 0) is 48.4 Å². The zero-order chi connectivity index (χ0) is 17.4. The van der Waals surface area contributed by atoms with Crippen molar-refractivity contribution in [2.75, 3.05) is 18.6 Å². The highest BCUT2D eigenvalue weighted by atomic mass is 16.5. The number of methoxy groups -OCH3 is 1. The molecular weight excluding hydrogens is 314 g/mol. The van der Waals surface area contributed by atoms with Gasteiger partial charge in [-0.15, -0.1) is 0 Å². The lowest BCUT2D eigenvalue weighted by atomic mass is 9.98. The molecule has 5 nitrogen and oxygen atoms in total. The minimum Gasteiger partial charge on any atom is -0.497 e. The Balaban J connectivity index is 1.61. The van der Waals surface area contributed by atoms with Gasteiger partial charge in [0, 0.05) is 36.6 Å². The van der Waals surface area contributed by atoms with Gasteiger partial charge in [-0.3, -0.25) is 9.48 Å². The fraction of sp³-hybridized carbons (Fsp3) is 0.200. The van der Waals surface area contributed by atoms with Crippen molar-refractivity contribution >= 4 is 11.6 Å². The summed E-state index contributed by atoms with van der Waals surface area (Å²) in [4.78, 5) is 14.7. The Labute approximate surface area is 146 Å². The SMILES string of the molecule is COc1ccc2c(c1)CCN(c1ccc(-c3ccn(C)n3)cc1)C2=O. The Morgan fingerprint density at radius 3 is 2.56 bits per heavy atom. The normalized spacial score (nSPS) is 13.7. The van der Waals surface area contributed by atoms with Gasteiger partial charge in [0.2, 0.25) is 0 Å². The Bertz CT molecular complexity index is 928. The minimum absolute atomic E-state index is 0.0366. The fourth-order valence-corrected chi connectivity index (χ4v) is 3.22. The van der Waals surface area contributed by atoms with Gasteiger partial charge in [0.15, 0.2) is 0 Å². The van der Waals surface area contributed by atoms with Crippen molar-refractivity contribution in [3.05, 3.63) is 65.9 Å². The molecule has 0 bridgehead atoms. The molecule has 126 valence electrons. The average Bonchev–Trinajstić information content (AvgIpc) is 3.08. The molecule has 0 saturated carbocycles. The van der Waals surface area contributed by atoms with Crippen LogP contribution in [0.1, 0.15) is 15.9 Å². The molecule has 0 fully saturated rings. The molecule has 0 aliphatic carbocycles. The second kappa shape index (κ2) is 6.09. The highest BCUT2D eigenvalue weighted by Crippen LogP contribution is 2.28. The van der Waals surface area contributed by atoms with E-state index >= 15 is 0 Å². The fourth-order valence-electron chi connectivity index (χ4n) is 3.22. The molecule has 1 aliphatic heterocycles. The Morgan fingerprint density at radius 2 is 1.88 bits per heavy atom. The molecular formula is C20H19N3O2. The van der Waals surface area contributed by atoms with Crippen LogP contribution < -0.4 is 9.64 Å². The zero-order valence-corrected chi connectivity index (χ0v) is 14.3. The summed E-state index contributed by atoms with van der Waals surface area (Å²) in [6.45, 7) is 0.669. The number of aromatic nitrogens is 2. The number of fused-ring (bicyclic) bond motifs is 1. The van der Waals surface area contributed by atoms with E-state index in [1.807, 2.05) is 66.7 Å². The van der Waals surface area contributed by atoms with Crippen LogP contribution >= 0.6 is 0 Å². The molecule has 1 aromatic heterocycles. The van der Waals surface area contributed by atoms with Gasteiger partial charge >= 0.3 is 0 Å². The van der Waals surface area contributed by atoms with Gasteiger partial charge in [-0.1, -0.05) is 12.1 Å². The summed E-state index contributed by atoms with van der Waals surface area (Å²) >= 11 is 0. The van der Waals surface area contributed by atoms with Crippen molar-refractivity contribution in [1.29, 1.82) is 0 Å². The maximum Gasteiger partial charge on any atom is 0.258 e. The first-order valence-electron chi connectivity index (χ1n) is 8.24. The number of rotatable bonds is 3. The van der Waals surface area contributed by atoms with Crippen molar-refractivity contribution in [2.45, 2.75) is 6.42 Å². The number of benzene rings is 2. The molecule has 3 aromatic rings. The minimum atomic E-state index is 0.0366. The summed E-state index contributed by atoms with van der Waals surface area (Å²) in [7, 11) is 3.54. The van der Waals surface area contributed by atoms with Crippen molar-refractivity contribution in [3.63, 3.8) is 0 Å². The van der Waals surface area contributed by atoms with Gasteiger partial charge in [-0.2, -0.15) is 5.10 Å². The first-order valence-corrected chi connectivity index (χ1v) is 8.24. The number of carbonyl (C=O) groups excluding carboxylic acids is 1. The standard InChI is InChI=1S/C20H19N3O2/c1-22-11-10-19(21-22)14-3-5-16(6-4-14)23-12-9-15-13-17(25-2)7-8-18(15)20(23)24/h3-8,10-11,13H,9,12H2,1-2H3. The van der Waals surface area contributed by atoms with Crippen LogP contribution in [0.2, 0.25) is 0 Å². The van der Waals surface area contributed by atoms with Crippen LogP contribution in [-0.2, 0) is 13.5 Å². The molecule has 1 aliphatic rings. The molecule has 5 heteroatoms. The van der Waals surface area contributed by atoms with Crippen LogP contribution in [0.25, 0.3) is 11.3 Å². The van der Waals surface area contributed by atoms with Gasteiger partial charge in [-0.25, -0.2) is 0 Å². The molecule has 0 atom stereocenters. The maximum absolute atomic E-state index is 12.8. The van der Waals surface area contributed by atoms with E-state index in [-0.39, 0.29) is 5.91 Å². The zero-order valence-electron chi connectivity index (χ0n) is 14.3. The van der Waals surface area contributed by atoms with E-state index in [4.69, 9.17) is 4.74 Å². The number of nitrogens with zero attached hydrogens (tertiary/aromatic N) is 3. The van der Waals surface area contributed by atoms with E-state index in [9.17, 15) is 4.79 Å². The Morgan fingerprint density at radius 1 is 1.08 bits per heavy atom. The molecule has 0 unspecified atom stereocenters. The van der Waals surface area contributed by atoms with Crippen LogP contribution in [0.3, 0.4) is 0 Å². The summed E-state index contributed by atoms with van der Waals surface area (Å²) < 4.78 is 7.03. The highest BCUT2D eigenvalue weighted by Gasteiger charge is 2.25. The maximum atomic E-state index is 12.8. The molecule has 0 saturated heterocycles. The van der Waals surface area contributed by atoms with E-state index in [1.54, 1.807) is 11.8 Å². The number of carbonyl (C=O) groups is 1. The average molecular weight is 333 g/mol. The van der Waals surface area contributed by atoms with Crippen LogP contribution in [0, 0.1) is 0 Å². The molecule has 0 spiro atoms. The summed E-state index contributed by atoms with van der Waals surface area (Å²) in [5, 5.41) is 4.41. The molecule has 4 rings (SSSR count). The van der Waals surface area contributed by atoms with E-state index in [0.717, 1.165) is 40.2 Å². The lowest BCUT2D eigenvalue weighted by molar-refractivity contribution is 0.0980. The van der Waals surface area contributed by atoms with Gasteiger partial charge in [0.05, 0.1) is 12.8 Å². The molecule has 2 aromatic carbocycles. The molecule has 25 heavy (non-hydrogen) atoms. The second-order valence-electron chi connectivity index (χ2n) is 6.15. The van der Waals surface area contributed by atoms with E-state index in [1.165, 1.54) is 0 Å². The summed E-state index contributed by atoms with van der Waals surface area (Å²) in [5.41, 5.74) is 4.67. The van der Waals surface area contributed by atoms with E-state index in [2.05, 4.69) is 5.10 Å². The van der Waals surface area contributed by atoms with E-state index in [0.29, 0.717) is 6.54 Å². The number of hydrogen-bond donors (Lipinski definition) is 0. The largest absolute Gasteiger partial charge is 0.497 e. The van der Waals surface area contributed by atoms with Crippen molar-refractivity contribution in [2.24, 2.45) is 7.05 Å². The third kappa shape index (κ3) is 2.78. The number of hydrogen-bond acceptors (Lipinski definition) is 3. The first-order chi connectivity index (χ1) is 12.2. The second-order valence-corrected chi connectivity index (χ2v) is 6.15. The number of ether oxygens (including phenoxy) is 1. The highest BCUT2D eigenvalue weighted by molar-refractivity contribution is 6.08. The van der Waals surface area contributed by atoms with Gasteiger partial charge in [0.25, 0.3) is 5.91 Å². The van der Waals surface area contributed by atoms with Crippen molar-refractivity contribution in [3.8, 4) is 17.0 Å². The Hall–Kier alpha value is -3.08. The topological polar surface area (TPSA) is 47.4 Å². The third-order valence-electron chi connectivity index (χ3n) is 4.58. The molecule has 1 amide bonds. The predicted octanol–water partition coefficient (Wildman–Crippen LogP) is 3.30. The molecule has 0 N–H and O–H groups in total. The quantitative estimate of drug-likeness (QED) is 0.739. The Kier molecular flexibility index (Phi) is 3.76. The lowest BCUT2D eigenvalue weighted by Gasteiger charge is -2.29. The van der Waals surface area contributed by atoms with Crippen LogP contribution in [0.5, 0.6) is 5.75 Å². The van der Waals surface area contributed by atoms with Crippen molar-refractivity contribution < 1.29 is 9.53 Å². The predicted molar refractivity (Wildman–Crippen MR) is 97.0 cm³/mol. The van der Waals surface area contributed by atoms with Crippen LogP contribution in [0.15, 0.2) is 54.7 Å². The summed E-state index contributed by atoms with van der Waals surface area (Å²) in [6, 6.07) is 15.6. The number of anilines is 1.